The molecule has 0 aromatic carbocycles. The highest BCUT2D eigenvalue weighted by Gasteiger charge is 2.22. The summed E-state index contributed by atoms with van der Waals surface area (Å²) >= 11 is 0. The minimum absolute atomic E-state index is 0.582. The Morgan fingerprint density at radius 1 is 1.38 bits per heavy atom. The number of unbranched alkanes of at least 4 members (excludes halogenated alkanes) is 1. The van der Waals surface area contributed by atoms with Crippen molar-refractivity contribution in [1.29, 1.82) is 0 Å². The van der Waals surface area contributed by atoms with E-state index in [-0.39, 0.29) is 0 Å². The fraction of sp³-hybridized carbons (Fsp3) is 0.722. The van der Waals surface area contributed by atoms with E-state index in [2.05, 4.69) is 55.2 Å². The van der Waals surface area contributed by atoms with E-state index in [1.165, 1.54) is 43.4 Å². The Labute approximate surface area is 130 Å². The SMILES string of the molecule is CCCCN(c1cc(C)ncc1CNC1CC1)C(C)CC. The van der Waals surface area contributed by atoms with Crippen LogP contribution < -0.4 is 10.2 Å². The maximum absolute atomic E-state index is 4.52. The molecule has 1 aliphatic rings. The van der Waals surface area contributed by atoms with Gasteiger partial charge in [-0.15, -0.1) is 0 Å². The van der Waals surface area contributed by atoms with Crippen molar-refractivity contribution in [2.24, 2.45) is 0 Å². The third-order valence-corrected chi connectivity index (χ3v) is 4.44. The quantitative estimate of drug-likeness (QED) is 0.743. The van der Waals surface area contributed by atoms with E-state index >= 15 is 0 Å². The van der Waals surface area contributed by atoms with E-state index in [0.29, 0.717) is 6.04 Å². The molecule has 1 unspecified atom stereocenters. The van der Waals surface area contributed by atoms with Crippen molar-refractivity contribution < 1.29 is 0 Å². The standard InChI is InChI=1S/C18H31N3/c1-5-7-10-21(15(4)6-2)18-11-14(3)19-12-16(18)13-20-17-8-9-17/h11-12,15,17,20H,5-10,13H2,1-4H3. The lowest BCUT2D eigenvalue weighted by Crippen LogP contribution is -2.35. The van der Waals surface area contributed by atoms with Crippen molar-refractivity contribution in [3.63, 3.8) is 0 Å². The lowest BCUT2D eigenvalue weighted by atomic mass is 10.1. The minimum atomic E-state index is 0.582. The summed E-state index contributed by atoms with van der Waals surface area (Å²) in [6, 6.07) is 3.59. The molecule has 3 nitrogen and oxygen atoms in total. The van der Waals surface area contributed by atoms with Gasteiger partial charge in [-0.25, -0.2) is 0 Å². The Morgan fingerprint density at radius 3 is 2.76 bits per heavy atom. The Balaban J connectivity index is 2.19. The van der Waals surface area contributed by atoms with Crippen LogP contribution in [0.25, 0.3) is 0 Å². The predicted molar refractivity (Wildman–Crippen MR) is 90.8 cm³/mol. The third kappa shape index (κ3) is 4.70. The van der Waals surface area contributed by atoms with Crippen LogP contribution in [0.15, 0.2) is 12.3 Å². The summed E-state index contributed by atoms with van der Waals surface area (Å²) in [6.45, 7) is 11.1. The molecule has 3 heteroatoms. The number of pyridine rings is 1. The summed E-state index contributed by atoms with van der Waals surface area (Å²) in [7, 11) is 0. The zero-order valence-electron chi connectivity index (χ0n) is 14.2. The Hall–Kier alpha value is -1.09. The summed E-state index contributed by atoms with van der Waals surface area (Å²) in [5.41, 5.74) is 3.85. The van der Waals surface area contributed by atoms with Gasteiger partial charge in [-0.05, 0) is 45.6 Å². The highest BCUT2D eigenvalue weighted by atomic mass is 15.2. The van der Waals surface area contributed by atoms with Crippen molar-refractivity contribution in [2.45, 2.75) is 78.4 Å². The molecule has 1 aliphatic carbocycles. The first-order valence-corrected chi connectivity index (χ1v) is 8.61. The summed E-state index contributed by atoms with van der Waals surface area (Å²) < 4.78 is 0. The summed E-state index contributed by atoms with van der Waals surface area (Å²) in [6.07, 6.45) is 8.41. The van der Waals surface area contributed by atoms with Crippen LogP contribution >= 0.6 is 0 Å². The number of nitrogens with one attached hydrogen (secondary N) is 1. The van der Waals surface area contributed by atoms with Crippen LogP contribution in [-0.2, 0) is 6.54 Å². The monoisotopic (exact) mass is 289 g/mol. The molecule has 21 heavy (non-hydrogen) atoms. The van der Waals surface area contributed by atoms with Gasteiger partial charge >= 0.3 is 0 Å². The molecule has 1 fully saturated rings. The van der Waals surface area contributed by atoms with E-state index in [4.69, 9.17) is 0 Å². The summed E-state index contributed by atoms with van der Waals surface area (Å²) in [5.74, 6) is 0. The van der Waals surface area contributed by atoms with Crippen molar-refractivity contribution in [3.8, 4) is 0 Å². The Kier molecular flexibility index (Phi) is 6.04. The van der Waals surface area contributed by atoms with Crippen LogP contribution in [0.2, 0.25) is 0 Å². The van der Waals surface area contributed by atoms with Crippen LogP contribution in [0.5, 0.6) is 0 Å². The highest BCUT2D eigenvalue weighted by Crippen LogP contribution is 2.26. The summed E-state index contributed by atoms with van der Waals surface area (Å²) in [5, 5.41) is 3.63. The molecule has 118 valence electrons. The van der Waals surface area contributed by atoms with Gasteiger partial charge in [0.2, 0.25) is 0 Å². The average Bonchev–Trinajstić information content (AvgIpc) is 3.30. The predicted octanol–water partition coefficient (Wildman–Crippen LogP) is 4.05. The number of aryl methyl sites for hydroxylation is 1. The number of aromatic nitrogens is 1. The van der Waals surface area contributed by atoms with Crippen molar-refractivity contribution in [1.82, 2.24) is 10.3 Å². The Bertz CT molecular complexity index is 440. The smallest absolute Gasteiger partial charge is 0.0447 e. The van der Waals surface area contributed by atoms with E-state index in [9.17, 15) is 0 Å². The van der Waals surface area contributed by atoms with Crippen LogP contribution in [0.4, 0.5) is 5.69 Å². The molecule has 1 heterocycles. The molecule has 1 aromatic heterocycles. The van der Waals surface area contributed by atoms with Gasteiger partial charge in [0, 0.05) is 48.3 Å². The van der Waals surface area contributed by atoms with Crippen LogP contribution in [-0.4, -0.2) is 23.6 Å². The molecular formula is C18H31N3. The Morgan fingerprint density at radius 2 is 2.14 bits per heavy atom. The fourth-order valence-corrected chi connectivity index (χ4v) is 2.65. The number of rotatable bonds is 9. The second kappa shape index (κ2) is 7.79. The van der Waals surface area contributed by atoms with Gasteiger partial charge in [-0.3, -0.25) is 4.98 Å². The molecule has 0 radical (unpaired) electrons. The zero-order valence-corrected chi connectivity index (χ0v) is 14.2. The molecule has 1 saturated carbocycles. The van der Waals surface area contributed by atoms with Gasteiger partial charge < -0.3 is 10.2 Å². The van der Waals surface area contributed by atoms with Crippen molar-refractivity contribution >= 4 is 5.69 Å². The van der Waals surface area contributed by atoms with Crippen LogP contribution in [0.3, 0.4) is 0 Å². The first kappa shape index (κ1) is 16.3. The van der Waals surface area contributed by atoms with E-state index in [1.54, 1.807) is 0 Å². The number of hydrogen-bond acceptors (Lipinski definition) is 3. The van der Waals surface area contributed by atoms with Crippen LogP contribution in [0.1, 0.15) is 64.1 Å². The molecule has 1 N–H and O–H groups in total. The van der Waals surface area contributed by atoms with Gasteiger partial charge in [0.25, 0.3) is 0 Å². The maximum Gasteiger partial charge on any atom is 0.0447 e. The number of anilines is 1. The van der Waals surface area contributed by atoms with Crippen molar-refractivity contribution in [2.75, 3.05) is 11.4 Å². The van der Waals surface area contributed by atoms with E-state index < -0.39 is 0 Å². The van der Waals surface area contributed by atoms with E-state index in [0.717, 1.165) is 24.8 Å². The molecule has 1 aromatic rings. The average molecular weight is 289 g/mol. The first-order chi connectivity index (χ1) is 10.2. The highest BCUT2D eigenvalue weighted by molar-refractivity contribution is 5.54. The third-order valence-electron chi connectivity index (χ3n) is 4.44. The van der Waals surface area contributed by atoms with Crippen molar-refractivity contribution in [3.05, 3.63) is 23.5 Å². The molecule has 0 aliphatic heterocycles. The molecular weight excluding hydrogens is 258 g/mol. The second-order valence-electron chi connectivity index (χ2n) is 6.41. The number of nitrogens with zero attached hydrogens (tertiary/aromatic N) is 2. The molecule has 0 saturated heterocycles. The van der Waals surface area contributed by atoms with Crippen LogP contribution in [0, 0.1) is 6.92 Å². The van der Waals surface area contributed by atoms with Gasteiger partial charge in [0.1, 0.15) is 0 Å². The first-order valence-electron chi connectivity index (χ1n) is 8.61. The molecule has 0 bridgehead atoms. The second-order valence-corrected chi connectivity index (χ2v) is 6.41. The maximum atomic E-state index is 4.52. The molecule has 1 atom stereocenters. The van der Waals surface area contributed by atoms with Gasteiger partial charge in [0.15, 0.2) is 0 Å². The van der Waals surface area contributed by atoms with E-state index in [1.807, 2.05) is 0 Å². The lowest BCUT2D eigenvalue weighted by Gasteiger charge is -2.33. The minimum Gasteiger partial charge on any atom is -0.368 e. The van der Waals surface area contributed by atoms with Gasteiger partial charge in [-0.2, -0.15) is 0 Å². The lowest BCUT2D eigenvalue weighted by molar-refractivity contribution is 0.589. The van der Waals surface area contributed by atoms with Gasteiger partial charge in [0.05, 0.1) is 0 Å². The molecule has 0 spiro atoms. The van der Waals surface area contributed by atoms with Gasteiger partial charge in [-0.1, -0.05) is 20.3 Å². The molecule has 0 amide bonds. The number of hydrogen-bond donors (Lipinski definition) is 1. The largest absolute Gasteiger partial charge is 0.368 e. The summed E-state index contributed by atoms with van der Waals surface area (Å²) in [4.78, 5) is 7.10. The fourth-order valence-electron chi connectivity index (χ4n) is 2.65. The molecule has 2 rings (SSSR count). The zero-order chi connectivity index (χ0) is 15.2. The normalized spacial score (nSPS) is 16.0. The topological polar surface area (TPSA) is 28.2 Å².